The molecule has 2 aromatic carbocycles. The number of rotatable bonds is 8. The quantitative estimate of drug-likeness (QED) is 0.626. The lowest BCUT2D eigenvalue weighted by Gasteiger charge is -2.31. The Morgan fingerprint density at radius 1 is 1.03 bits per heavy atom. The van der Waals surface area contributed by atoms with E-state index in [0.29, 0.717) is 47.6 Å². The van der Waals surface area contributed by atoms with E-state index in [0.717, 1.165) is 24.8 Å². The number of amides is 2. The minimum atomic E-state index is -3.45. The third kappa shape index (κ3) is 5.92. The van der Waals surface area contributed by atoms with Crippen LogP contribution in [-0.2, 0) is 10.0 Å². The molecule has 1 aliphatic rings. The average Bonchev–Trinajstić information content (AvgIpc) is 2.79. The molecule has 1 fully saturated rings. The third-order valence-corrected chi connectivity index (χ3v) is 7.62. The van der Waals surface area contributed by atoms with Crippen molar-refractivity contribution in [3.63, 3.8) is 0 Å². The van der Waals surface area contributed by atoms with E-state index in [-0.39, 0.29) is 6.03 Å². The van der Waals surface area contributed by atoms with E-state index in [1.165, 1.54) is 0 Å². The molecule has 1 aliphatic heterocycles. The average molecular weight is 462 g/mol. The van der Waals surface area contributed by atoms with E-state index >= 15 is 0 Å². The fourth-order valence-corrected chi connectivity index (χ4v) is 5.25. The second kappa shape index (κ2) is 10.7. The highest BCUT2D eigenvalue weighted by Crippen LogP contribution is 2.30. The first-order chi connectivity index (χ1) is 15.3. The number of hydrogen-bond acceptors (Lipinski definition) is 5. The molecule has 0 bridgehead atoms. The third-order valence-electron chi connectivity index (χ3n) is 5.71. The number of piperidine rings is 1. The Kier molecular flexibility index (Phi) is 7.98. The van der Waals surface area contributed by atoms with Crippen LogP contribution in [0.5, 0.6) is 11.5 Å². The molecule has 1 saturated heterocycles. The van der Waals surface area contributed by atoms with E-state index in [2.05, 4.69) is 10.6 Å². The van der Waals surface area contributed by atoms with Crippen molar-refractivity contribution in [1.82, 2.24) is 9.62 Å². The predicted octanol–water partition coefficient (Wildman–Crippen LogP) is 3.62. The highest BCUT2D eigenvalue weighted by atomic mass is 32.2. The molecule has 2 amide bonds. The molecule has 8 nitrogen and oxygen atoms in total. The summed E-state index contributed by atoms with van der Waals surface area (Å²) in [5.74, 6) is 1.51. The topological polar surface area (TPSA) is 97.0 Å². The summed E-state index contributed by atoms with van der Waals surface area (Å²) in [6, 6.07) is 11.8. The van der Waals surface area contributed by atoms with Crippen LogP contribution in [0.1, 0.15) is 24.8 Å². The van der Waals surface area contributed by atoms with Gasteiger partial charge >= 0.3 is 6.03 Å². The Morgan fingerprint density at radius 3 is 2.31 bits per heavy atom. The molecule has 0 spiro atoms. The smallest absolute Gasteiger partial charge is 0.319 e. The summed E-state index contributed by atoms with van der Waals surface area (Å²) in [6.45, 7) is 3.45. The number of aryl methyl sites for hydroxylation is 1. The van der Waals surface area contributed by atoms with Crippen molar-refractivity contribution in [2.24, 2.45) is 5.92 Å². The van der Waals surface area contributed by atoms with Crippen molar-refractivity contribution in [2.75, 3.05) is 39.2 Å². The van der Waals surface area contributed by atoms with Crippen LogP contribution in [0.2, 0.25) is 0 Å². The maximum Gasteiger partial charge on any atom is 0.319 e. The molecule has 174 valence electrons. The molecule has 32 heavy (non-hydrogen) atoms. The number of benzene rings is 2. The molecule has 0 aromatic heterocycles. The summed E-state index contributed by atoms with van der Waals surface area (Å²) in [6.07, 6.45) is 2.37. The first kappa shape index (κ1) is 23.9. The number of carbonyl (C=O) groups is 1. The van der Waals surface area contributed by atoms with Crippen LogP contribution >= 0.6 is 0 Å². The standard InChI is InChI=1S/C23H31N3O5S/c1-17-4-7-20(8-5-17)32(28,29)26-14-11-18(12-15-26)10-13-24-23(27)25-19-6-9-21(30-2)22(16-19)31-3/h4-9,16,18H,10-15H2,1-3H3,(H2,24,25,27). The van der Waals surface area contributed by atoms with Crippen LogP contribution < -0.4 is 20.1 Å². The van der Waals surface area contributed by atoms with Crippen LogP contribution in [-0.4, -0.2) is 52.6 Å². The molecule has 9 heteroatoms. The van der Waals surface area contributed by atoms with Gasteiger partial charge in [-0.3, -0.25) is 0 Å². The van der Waals surface area contributed by atoms with Crippen LogP contribution in [0.15, 0.2) is 47.4 Å². The van der Waals surface area contributed by atoms with Gasteiger partial charge < -0.3 is 20.1 Å². The predicted molar refractivity (Wildman–Crippen MR) is 124 cm³/mol. The highest BCUT2D eigenvalue weighted by molar-refractivity contribution is 7.89. The van der Waals surface area contributed by atoms with E-state index in [1.807, 2.05) is 19.1 Å². The van der Waals surface area contributed by atoms with Crippen LogP contribution in [0, 0.1) is 12.8 Å². The minimum Gasteiger partial charge on any atom is -0.493 e. The maximum atomic E-state index is 12.8. The van der Waals surface area contributed by atoms with Gasteiger partial charge in [0.05, 0.1) is 19.1 Å². The number of urea groups is 1. The largest absolute Gasteiger partial charge is 0.493 e. The lowest BCUT2D eigenvalue weighted by atomic mass is 9.95. The summed E-state index contributed by atoms with van der Waals surface area (Å²) >= 11 is 0. The Morgan fingerprint density at radius 2 is 1.69 bits per heavy atom. The molecule has 0 unspecified atom stereocenters. The molecule has 0 saturated carbocycles. The van der Waals surface area contributed by atoms with Crippen molar-refractivity contribution in [2.45, 2.75) is 31.1 Å². The van der Waals surface area contributed by atoms with Gasteiger partial charge in [0.2, 0.25) is 10.0 Å². The molecule has 1 heterocycles. The SMILES string of the molecule is COc1ccc(NC(=O)NCCC2CCN(S(=O)(=O)c3ccc(C)cc3)CC2)cc1OC. The Labute approximate surface area is 190 Å². The lowest BCUT2D eigenvalue weighted by molar-refractivity contribution is 0.245. The van der Waals surface area contributed by atoms with E-state index in [4.69, 9.17) is 9.47 Å². The van der Waals surface area contributed by atoms with Gasteiger partial charge in [-0.05, 0) is 56.4 Å². The van der Waals surface area contributed by atoms with Gasteiger partial charge in [0.1, 0.15) is 0 Å². The summed E-state index contributed by atoms with van der Waals surface area (Å²) in [4.78, 5) is 12.5. The molecule has 3 rings (SSSR count). The number of hydrogen-bond donors (Lipinski definition) is 2. The van der Waals surface area contributed by atoms with E-state index in [9.17, 15) is 13.2 Å². The van der Waals surface area contributed by atoms with Crippen LogP contribution in [0.4, 0.5) is 10.5 Å². The van der Waals surface area contributed by atoms with Gasteiger partial charge in [-0.1, -0.05) is 17.7 Å². The van der Waals surface area contributed by atoms with Gasteiger partial charge in [-0.25, -0.2) is 13.2 Å². The molecule has 0 aliphatic carbocycles. The molecule has 0 atom stereocenters. The zero-order valence-corrected chi connectivity index (χ0v) is 19.6. The number of ether oxygens (including phenoxy) is 2. The van der Waals surface area contributed by atoms with Gasteiger partial charge in [0, 0.05) is 31.4 Å². The van der Waals surface area contributed by atoms with Crippen molar-refractivity contribution >= 4 is 21.7 Å². The summed E-state index contributed by atoms with van der Waals surface area (Å²) < 4.78 is 37.6. The number of methoxy groups -OCH3 is 2. The molecule has 2 aromatic rings. The molecule has 2 N–H and O–H groups in total. The fourth-order valence-electron chi connectivity index (χ4n) is 3.78. The van der Waals surface area contributed by atoms with Gasteiger partial charge in [0.15, 0.2) is 11.5 Å². The Balaban J connectivity index is 1.42. The summed E-state index contributed by atoms with van der Waals surface area (Å²) in [5.41, 5.74) is 1.64. The monoisotopic (exact) mass is 461 g/mol. The maximum absolute atomic E-state index is 12.8. The second-order valence-electron chi connectivity index (χ2n) is 7.90. The summed E-state index contributed by atoms with van der Waals surface area (Å²) in [5, 5.41) is 5.64. The highest BCUT2D eigenvalue weighted by Gasteiger charge is 2.29. The second-order valence-corrected chi connectivity index (χ2v) is 9.84. The normalized spacial score (nSPS) is 15.2. The number of nitrogens with zero attached hydrogens (tertiary/aromatic N) is 1. The number of nitrogens with one attached hydrogen (secondary N) is 2. The van der Waals surface area contributed by atoms with Crippen molar-refractivity contribution in [3.8, 4) is 11.5 Å². The van der Waals surface area contributed by atoms with Crippen molar-refractivity contribution in [3.05, 3.63) is 48.0 Å². The minimum absolute atomic E-state index is 0.295. The fraction of sp³-hybridized carbons (Fsp3) is 0.435. The lowest BCUT2D eigenvalue weighted by Crippen LogP contribution is -2.39. The van der Waals surface area contributed by atoms with Gasteiger partial charge in [-0.15, -0.1) is 0 Å². The number of carbonyl (C=O) groups excluding carboxylic acids is 1. The molecular weight excluding hydrogens is 430 g/mol. The number of anilines is 1. The Hall–Kier alpha value is -2.78. The van der Waals surface area contributed by atoms with Crippen molar-refractivity contribution < 1.29 is 22.7 Å². The first-order valence-corrected chi connectivity index (χ1v) is 12.1. The van der Waals surface area contributed by atoms with Gasteiger partial charge in [0.25, 0.3) is 0 Å². The Bertz CT molecular complexity index is 1020. The van der Waals surface area contributed by atoms with Gasteiger partial charge in [-0.2, -0.15) is 4.31 Å². The zero-order chi connectivity index (χ0) is 23.1. The number of sulfonamides is 1. The van der Waals surface area contributed by atoms with Crippen LogP contribution in [0.25, 0.3) is 0 Å². The van der Waals surface area contributed by atoms with Crippen LogP contribution in [0.3, 0.4) is 0 Å². The van der Waals surface area contributed by atoms with E-state index in [1.54, 1.807) is 48.9 Å². The zero-order valence-electron chi connectivity index (χ0n) is 18.8. The van der Waals surface area contributed by atoms with Crippen molar-refractivity contribution in [1.29, 1.82) is 0 Å². The first-order valence-electron chi connectivity index (χ1n) is 10.7. The molecule has 0 radical (unpaired) electrons. The summed E-state index contributed by atoms with van der Waals surface area (Å²) in [7, 11) is -0.351. The van der Waals surface area contributed by atoms with E-state index < -0.39 is 10.0 Å². The molecular formula is C23H31N3O5S.